The normalized spacial score (nSPS) is 16.5. The number of β-amino-alcohol motifs (C(OH)–C–C–N with tert-alkyl or cyclic N) is 1. The van der Waals surface area contributed by atoms with Crippen LogP contribution in [0.5, 0.6) is 0 Å². The molecule has 25 heavy (non-hydrogen) atoms. The first-order valence-corrected chi connectivity index (χ1v) is 8.39. The van der Waals surface area contributed by atoms with E-state index in [0.29, 0.717) is 38.4 Å². The van der Waals surface area contributed by atoms with Crippen LogP contribution in [0, 0.1) is 5.82 Å². The van der Waals surface area contributed by atoms with Gasteiger partial charge in [-0.25, -0.2) is 9.18 Å². The summed E-state index contributed by atoms with van der Waals surface area (Å²) in [6.07, 6.45) is -0.527. The van der Waals surface area contributed by atoms with Gasteiger partial charge in [-0.05, 0) is 29.8 Å². The highest BCUT2D eigenvalue weighted by molar-refractivity contribution is 5.89. The van der Waals surface area contributed by atoms with Crippen LogP contribution in [0.4, 0.5) is 14.9 Å². The first kappa shape index (κ1) is 17.4. The number of aliphatic hydroxyl groups excluding tert-OH is 1. The Bertz CT molecular complexity index is 686. The molecule has 132 valence electrons. The Morgan fingerprint density at radius 2 is 1.68 bits per heavy atom. The Morgan fingerprint density at radius 1 is 1.04 bits per heavy atom. The fourth-order valence-electron chi connectivity index (χ4n) is 2.89. The van der Waals surface area contributed by atoms with Gasteiger partial charge in [-0.2, -0.15) is 0 Å². The van der Waals surface area contributed by atoms with Crippen molar-refractivity contribution in [2.75, 3.05) is 38.0 Å². The van der Waals surface area contributed by atoms with Gasteiger partial charge in [0.15, 0.2) is 0 Å². The van der Waals surface area contributed by atoms with E-state index in [1.54, 1.807) is 17.0 Å². The Kier molecular flexibility index (Phi) is 5.63. The van der Waals surface area contributed by atoms with E-state index >= 15 is 0 Å². The maximum atomic E-state index is 12.9. The maximum Gasteiger partial charge on any atom is 0.321 e. The molecule has 0 spiro atoms. The number of piperazine rings is 1. The van der Waals surface area contributed by atoms with Crippen molar-refractivity contribution in [3.8, 4) is 0 Å². The van der Waals surface area contributed by atoms with Gasteiger partial charge in [0, 0.05) is 38.4 Å². The molecule has 0 bridgehead atoms. The number of nitrogens with zero attached hydrogens (tertiary/aromatic N) is 2. The molecule has 0 radical (unpaired) electrons. The number of benzene rings is 2. The fraction of sp³-hybridized carbons (Fsp3) is 0.316. The lowest BCUT2D eigenvalue weighted by molar-refractivity contribution is 0.0831. The molecule has 0 saturated carbocycles. The second kappa shape index (κ2) is 8.09. The largest absolute Gasteiger partial charge is 0.387 e. The highest BCUT2D eigenvalue weighted by Gasteiger charge is 2.23. The molecule has 6 heteroatoms. The lowest BCUT2D eigenvalue weighted by atomic mass is 10.1. The number of carbonyl (C=O) groups is 1. The molecule has 1 saturated heterocycles. The van der Waals surface area contributed by atoms with Gasteiger partial charge >= 0.3 is 6.03 Å². The van der Waals surface area contributed by atoms with Crippen LogP contribution in [-0.2, 0) is 0 Å². The number of anilines is 1. The molecule has 1 atom stereocenters. The summed E-state index contributed by atoms with van der Waals surface area (Å²) in [6.45, 7) is 3.15. The molecule has 1 fully saturated rings. The number of rotatable bonds is 4. The van der Waals surface area contributed by atoms with Crippen LogP contribution in [-0.4, -0.2) is 53.7 Å². The van der Waals surface area contributed by atoms with Crippen molar-refractivity contribution in [2.45, 2.75) is 6.10 Å². The highest BCUT2D eigenvalue weighted by atomic mass is 19.1. The smallest absolute Gasteiger partial charge is 0.321 e. The van der Waals surface area contributed by atoms with E-state index in [1.165, 1.54) is 12.1 Å². The molecule has 0 unspecified atom stereocenters. The molecule has 3 rings (SSSR count). The first-order valence-electron chi connectivity index (χ1n) is 8.39. The van der Waals surface area contributed by atoms with Crippen molar-refractivity contribution in [3.63, 3.8) is 0 Å². The molecule has 0 aromatic heterocycles. The van der Waals surface area contributed by atoms with Crippen molar-refractivity contribution in [1.29, 1.82) is 0 Å². The minimum Gasteiger partial charge on any atom is -0.387 e. The van der Waals surface area contributed by atoms with Crippen LogP contribution in [0.2, 0.25) is 0 Å². The number of carbonyl (C=O) groups excluding carboxylic acids is 1. The zero-order valence-corrected chi connectivity index (χ0v) is 13.9. The molecule has 2 aromatic rings. The summed E-state index contributed by atoms with van der Waals surface area (Å²) in [5.74, 6) is -0.330. The van der Waals surface area contributed by atoms with Crippen LogP contribution >= 0.6 is 0 Å². The van der Waals surface area contributed by atoms with Gasteiger partial charge in [-0.15, -0.1) is 0 Å². The van der Waals surface area contributed by atoms with Crippen molar-refractivity contribution in [1.82, 2.24) is 9.80 Å². The zero-order valence-electron chi connectivity index (χ0n) is 13.9. The van der Waals surface area contributed by atoms with Crippen molar-refractivity contribution in [3.05, 3.63) is 66.0 Å². The van der Waals surface area contributed by atoms with Crippen LogP contribution in [0.25, 0.3) is 0 Å². The van der Waals surface area contributed by atoms with E-state index in [4.69, 9.17) is 0 Å². The number of amides is 2. The lowest BCUT2D eigenvalue weighted by Gasteiger charge is -2.35. The summed E-state index contributed by atoms with van der Waals surface area (Å²) in [5, 5.41) is 13.1. The van der Waals surface area contributed by atoms with Crippen LogP contribution in [0.3, 0.4) is 0 Å². The van der Waals surface area contributed by atoms with E-state index in [2.05, 4.69) is 10.2 Å². The predicted octanol–water partition coefficient (Wildman–Crippen LogP) is 2.71. The molecule has 2 N–H and O–H groups in total. The molecule has 1 aliphatic rings. The van der Waals surface area contributed by atoms with Gasteiger partial charge in [-0.1, -0.05) is 30.3 Å². The number of aliphatic hydroxyl groups is 1. The number of nitrogens with one attached hydrogen (secondary N) is 1. The standard InChI is InChI=1S/C19H22FN3O2/c20-16-6-8-17(9-7-16)21-19(25)23-12-10-22(11-13-23)14-18(24)15-4-2-1-3-5-15/h1-9,18,24H,10-14H2,(H,21,25)/t18-/m1/s1. The number of halogens is 1. The summed E-state index contributed by atoms with van der Waals surface area (Å²) >= 11 is 0. The summed E-state index contributed by atoms with van der Waals surface area (Å²) in [4.78, 5) is 16.1. The van der Waals surface area contributed by atoms with Crippen molar-refractivity contribution >= 4 is 11.7 Å². The van der Waals surface area contributed by atoms with Gasteiger partial charge < -0.3 is 15.3 Å². The molecule has 2 amide bonds. The van der Waals surface area contributed by atoms with E-state index in [1.807, 2.05) is 30.3 Å². The third-order valence-electron chi connectivity index (χ3n) is 4.37. The Balaban J connectivity index is 1.46. The molecular weight excluding hydrogens is 321 g/mol. The average Bonchev–Trinajstić information content (AvgIpc) is 2.65. The third-order valence-corrected chi connectivity index (χ3v) is 4.37. The zero-order chi connectivity index (χ0) is 17.6. The first-order chi connectivity index (χ1) is 12.1. The second-order valence-corrected chi connectivity index (χ2v) is 6.15. The van der Waals surface area contributed by atoms with E-state index < -0.39 is 6.10 Å². The number of urea groups is 1. The topological polar surface area (TPSA) is 55.8 Å². The molecule has 1 heterocycles. The third kappa shape index (κ3) is 4.78. The van der Waals surface area contributed by atoms with Crippen molar-refractivity contribution in [2.24, 2.45) is 0 Å². The van der Waals surface area contributed by atoms with Crippen molar-refractivity contribution < 1.29 is 14.3 Å². The van der Waals surface area contributed by atoms with Crippen LogP contribution in [0.1, 0.15) is 11.7 Å². The molecule has 2 aromatic carbocycles. The van der Waals surface area contributed by atoms with Crippen LogP contribution in [0.15, 0.2) is 54.6 Å². The summed E-state index contributed by atoms with van der Waals surface area (Å²) < 4.78 is 12.9. The molecule has 0 aliphatic carbocycles. The number of hydrogen-bond donors (Lipinski definition) is 2. The van der Waals surface area contributed by atoms with Gasteiger partial charge in [0.25, 0.3) is 0 Å². The van der Waals surface area contributed by atoms with Gasteiger partial charge in [-0.3, -0.25) is 4.90 Å². The van der Waals surface area contributed by atoms with Crippen LogP contribution < -0.4 is 5.32 Å². The summed E-state index contributed by atoms with van der Waals surface area (Å²) in [6, 6.07) is 15.1. The molecule has 1 aliphatic heterocycles. The summed E-state index contributed by atoms with van der Waals surface area (Å²) in [5.41, 5.74) is 1.48. The van der Waals surface area contributed by atoms with E-state index in [-0.39, 0.29) is 11.8 Å². The molecular formula is C19H22FN3O2. The van der Waals surface area contributed by atoms with E-state index in [0.717, 1.165) is 5.56 Å². The van der Waals surface area contributed by atoms with Gasteiger partial charge in [0.2, 0.25) is 0 Å². The van der Waals surface area contributed by atoms with E-state index in [9.17, 15) is 14.3 Å². The Morgan fingerprint density at radius 3 is 2.32 bits per heavy atom. The maximum absolute atomic E-state index is 12.9. The molecule has 5 nitrogen and oxygen atoms in total. The monoisotopic (exact) mass is 343 g/mol. The second-order valence-electron chi connectivity index (χ2n) is 6.15. The predicted molar refractivity (Wildman–Crippen MR) is 94.8 cm³/mol. The number of hydrogen-bond acceptors (Lipinski definition) is 3. The minimum atomic E-state index is -0.527. The summed E-state index contributed by atoms with van der Waals surface area (Å²) in [7, 11) is 0. The Hall–Kier alpha value is -2.44. The highest BCUT2D eigenvalue weighted by Crippen LogP contribution is 2.15. The Labute approximate surface area is 146 Å². The average molecular weight is 343 g/mol. The SMILES string of the molecule is O=C(Nc1ccc(F)cc1)N1CCN(C[C@@H](O)c2ccccc2)CC1. The minimum absolute atomic E-state index is 0.185. The lowest BCUT2D eigenvalue weighted by Crippen LogP contribution is -2.50. The fourth-order valence-corrected chi connectivity index (χ4v) is 2.89. The van der Waals surface area contributed by atoms with Gasteiger partial charge in [0.05, 0.1) is 6.10 Å². The van der Waals surface area contributed by atoms with Gasteiger partial charge in [0.1, 0.15) is 5.82 Å². The quantitative estimate of drug-likeness (QED) is 0.897.